The summed E-state index contributed by atoms with van der Waals surface area (Å²) in [4.78, 5) is 0. The first-order valence-electron chi connectivity index (χ1n) is 4.11. The number of nitrogens with two attached hydrogens (primary N) is 1. The van der Waals surface area contributed by atoms with Crippen LogP contribution < -0.4 is 5.73 Å². The van der Waals surface area contributed by atoms with E-state index in [0.29, 0.717) is 0 Å². The molecule has 0 aliphatic heterocycles. The van der Waals surface area contributed by atoms with Crippen molar-refractivity contribution in [3.63, 3.8) is 0 Å². The Morgan fingerprint density at radius 3 is 2.00 bits per heavy atom. The lowest BCUT2D eigenvalue weighted by atomic mass is 10.1. The second-order valence-corrected chi connectivity index (χ2v) is 2.28. The lowest BCUT2D eigenvalue weighted by Crippen LogP contribution is -2.10. The van der Waals surface area contributed by atoms with Gasteiger partial charge in [0.1, 0.15) is 5.84 Å². The molecular weight excluding hydrogens is 148 g/mol. The first kappa shape index (κ1) is 10.7. The number of nitrogens with one attached hydrogen (secondary N) is 1. The minimum absolute atomic E-state index is 0. The highest BCUT2D eigenvalue weighted by Crippen LogP contribution is 2.00. The lowest BCUT2D eigenvalue weighted by molar-refractivity contribution is 1.40. The molecule has 0 aliphatic rings. The van der Waals surface area contributed by atoms with Crippen LogP contribution in [0.25, 0.3) is 0 Å². The predicted octanol–water partition coefficient (Wildman–Crippen LogP) is 2.55. The molecule has 0 radical (unpaired) electrons. The molecular formula is C10H18N2. The van der Waals surface area contributed by atoms with Crippen LogP contribution in [-0.4, -0.2) is 5.84 Å². The van der Waals surface area contributed by atoms with E-state index in [1.165, 1.54) is 5.56 Å². The number of hydrogen-bond acceptors (Lipinski definition) is 1. The highest BCUT2D eigenvalue weighted by Gasteiger charge is 1.92. The van der Waals surface area contributed by atoms with Gasteiger partial charge in [0.2, 0.25) is 0 Å². The second kappa shape index (κ2) is 5.35. The van der Waals surface area contributed by atoms with Crippen molar-refractivity contribution in [2.75, 3.05) is 0 Å². The third-order valence-electron chi connectivity index (χ3n) is 1.36. The number of aryl methyl sites for hydroxylation is 1. The maximum absolute atomic E-state index is 7.08. The van der Waals surface area contributed by atoms with Gasteiger partial charge in [-0.25, -0.2) is 0 Å². The second-order valence-electron chi connectivity index (χ2n) is 2.28. The van der Waals surface area contributed by atoms with Crippen LogP contribution in [0.1, 0.15) is 26.4 Å². The van der Waals surface area contributed by atoms with E-state index in [4.69, 9.17) is 11.1 Å². The van der Waals surface area contributed by atoms with Crippen molar-refractivity contribution < 1.29 is 1.43 Å². The van der Waals surface area contributed by atoms with Gasteiger partial charge in [0.05, 0.1) is 0 Å². The van der Waals surface area contributed by atoms with Gasteiger partial charge in [-0.05, 0) is 6.92 Å². The molecule has 0 aliphatic carbocycles. The van der Waals surface area contributed by atoms with Crippen LogP contribution in [0.5, 0.6) is 0 Å². The number of amidine groups is 1. The van der Waals surface area contributed by atoms with Gasteiger partial charge < -0.3 is 5.73 Å². The standard InChI is InChI=1S/C8H10N2.C2H6.H2/c1-6-2-4-7(5-3-6)8(9)10;1-2;/h2-5H,1H3,(H3,9,10);1-2H3;1H. The van der Waals surface area contributed by atoms with Crippen molar-refractivity contribution in [3.8, 4) is 0 Å². The maximum atomic E-state index is 7.08. The first-order valence-corrected chi connectivity index (χ1v) is 4.11. The molecule has 2 nitrogen and oxygen atoms in total. The highest BCUT2D eigenvalue weighted by molar-refractivity contribution is 5.94. The van der Waals surface area contributed by atoms with E-state index < -0.39 is 0 Å². The quantitative estimate of drug-likeness (QED) is 0.489. The topological polar surface area (TPSA) is 49.9 Å². The summed E-state index contributed by atoms with van der Waals surface area (Å²) in [7, 11) is 0. The Labute approximate surface area is 75.4 Å². The summed E-state index contributed by atoms with van der Waals surface area (Å²) in [6.07, 6.45) is 0. The fraction of sp³-hybridized carbons (Fsp3) is 0.300. The first-order chi connectivity index (χ1) is 5.70. The minimum atomic E-state index is 0. The van der Waals surface area contributed by atoms with Crippen LogP contribution in [0.2, 0.25) is 0 Å². The molecule has 0 bridgehead atoms. The van der Waals surface area contributed by atoms with Crippen LogP contribution in [0.4, 0.5) is 0 Å². The monoisotopic (exact) mass is 166 g/mol. The Bertz CT molecular complexity index is 242. The smallest absolute Gasteiger partial charge is 0.122 e. The van der Waals surface area contributed by atoms with E-state index in [-0.39, 0.29) is 7.26 Å². The number of rotatable bonds is 1. The van der Waals surface area contributed by atoms with E-state index in [0.717, 1.165) is 5.56 Å². The number of nitrogen functional groups attached to an aromatic ring is 1. The molecule has 0 spiro atoms. The van der Waals surface area contributed by atoms with Crippen molar-refractivity contribution in [1.29, 1.82) is 5.41 Å². The zero-order valence-electron chi connectivity index (χ0n) is 7.89. The van der Waals surface area contributed by atoms with Crippen molar-refractivity contribution in [1.82, 2.24) is 0 Å². The molecule has 1 rings (SSSR count). The normalized spacial score (nSPS) is 8.25. The van der Waals surface area contributed by atoms with Gasteiger partial charge in [-0.2, -0.15) is 0 Å². The van der Waals surface area contributed by atoms with Gasteiger partial charge >= 0.3 is 0 Å². The van der Waals surface area contributed by atoms with Crippen molar-refractivity contribution >= 4 is 5.84 Å². The van der Waals surface area contributed by atoms with Crippen LogP contribution >= 0.6 is 0 Å². The Morgan fingerprint density at radius 1 is 1.25 bits per heavy atom. The van der Waals surface area contributed by atoms with Crippen molar-refractivity contribution in [2.24, 2.45) is 5.73 Å². The zero-order valence-corrected chi connectivity index (χ0v) is 7.89. The largest absolute Gasteiger partial charge is 0.384 e. The molecule has 1 aromatic carbocycles. The van der Waals surface area contributed by atoms with E-state index >= 15 is 0 Å². The Morgan fingerprint density at radius 2 is 1.67 bits per heavy atom. The van der Waals surface area contributed by atoms with Crippen molar-refractivity contribution in [2.45, 2.75) is 20.8 Å². The van der Waals surface area contributed by atoms with E-state index in [1.807, 2.05) is 45.0 Å². The SMILES string of the molecule is CC.Cc1ccc(C(=N)N)cc1.[HH]. The molecule has 0 amide bonds. The Hall–Kier alpha value is -1.31. The van der Waals surface area contributed by atoms with E-state index in [9.17, 15) is 0 Å². The van der Waals surface area contributed by atoms with Crippen molar-refractivity contribution in [3.05, 3.63) is 35.4 Å². The fourth-order valence-corrected chi connectivity index (χ4v) is 0.733. The van der Waals surface area contributed by atoms with E-state index in [2.05, 4.69) is 0 Å². The van der Waals surface area contributed by atoms with E-state index in [1.54, 1.807) is 0 Å². The maximum Gasteiger partial charge on any atom is 0.122 e. The van der Waals surface area contributed by atoms with Gasteiger partial charge in [-0.15, -0.1) is 0 Å². The molecule has 0 saturated heterocycles. The molecule has 0 saturated carbocycles. The molecule has 3 N–H and O–H groups in total. The molecule has 0 fully saturated rings. The Kier molecular flexibility index (Phi) is 4.77. The van der Waals surface area contributed by atoms with Gasteiger partial charge in [0, 0.05) is 6.99 Å². The summed E-state index contributed by atoms with van der Waals surface area (Å²) in [5, 5.41) is 7.08. The van der Waals surface area contributed by atoms with Gasteiger partial charge in [-0.1, -0.05) is 43.7 Å². The average Bonchev–Trinajstić information content (AvgIpc) is 2.09. The Balaban J connectivity index is 0. The van der Waals surface area contributed by atoms with Crippen LogP contribution in [-0.2, 0) is 0 Å². The predicted molar refractivity (Wildman–Crippen MR) is 55.7 cm³/mol. The highest BCUT2D eigenvalue weighted by atomic mass is 14.7. The molecule has 68 valence electrons. The van der Waals surface area contributed by atoms with Crippen LogP contribution in [0, 0.1) is 12.3 Å². The summed E-state index contributed by atoms with van der Waals surface area (Å²) < 4.78 is 0. The van der Waals surface area contributed by atoms with Gasteiger partial charge in [-0.3, -0.25) is 5.41 Å². The summed E-state index contributed by atoms with van der Waals surface area (Å²) in [6.45, 7) is 6.00. The molecule has 0 unspecified atom stereocenters. The van der Waals surface area contributed by atoms with Gasteiger partial charge in [0.25, 0.3) is 0 Å². The molecule has 2 heteroatoms. The zero-order chi connectivity index (χ0) is 9.56. The summed E-state index contributed by atoms with van der Waals surface area (Å²) >= 11 is 0. The lowest BCUT2D eigenvalue weighted by Gasteiger charge is -1.96. The fourth-order valence-electron chi connectivity index (χ4n) is 0.733. The summed E-state index contributed by atoms with van der Waals surface area (Å²) in [5.74, 6) is 0.125. The number of benzene rings is 1. The average molecular weight is 166 g/mol. The third kappa shape index (κ3) is 3.19. The summed E-state index contributed by atoms with van der Waals surface area (Å²) in [5.41, 5.74) is 7.22. The number of hydrogen-bond donors (Lipinski definition) is 2. The third-order valence-corrected chi connectivity index (χ3v) is 1.36. The molecule has 0 heterocycles. The van der Waals surface area contributed by atoms with Crippen LogP contribution in [0.15, 0.2) is 24.3 Å². The minimum Gasteiger partial charge on any atom is -0.384 e. The summed E-state index contributed by atoms with van der Waals surface area (Å²) in [6, 6.07) is 7.57. The molecule has 0 atom stereocenters. The molecule has 1 aromatic rings. The van der Waals surface area contributed by atoms with Crippen LogP contribution in [0.3, 0.4) is 0 Å². The molecule has 12 heavy (non-hydrogen) atoms. The molecule has 0 aromatic heterocycles. The van der Waals surface area contributed by atoms with Gasteiger partial charge in [0.15, 0.2) is 0 Å².